The summed E-state index contributed by atoms with van der Waals surface area (Å²) in [5, 5.41) is 6.76. The summed E-state index contributed by atoms with van der Waals surface area (Å²) in [4.78, 5) is 0.248. The topological polar surface area (TPSA) is 92.1 Å². The van der Waals surface area contributed by atoms with Crippen LogP contribution in [0.1, 0.15) is 51.9 Å². The van der Waals surface area contributed by atoms with Gasteiger partial charge in [-0.25, -0.2) is 8.42 Å². The van der Waals surface area contributed by atoms with E-state index in [1.54, 1.807) is 11.2 Å². The fraction of sp³-hybridized carbons (Fsp3) is 0.786. The molecule has 1 rings (SSSR count). The van der Waals surface area contributed by atoms with Gasteiger partial charge < -0.3 is 5.73 Å². The standard InChI is InChI=1S/C14H28N4O2S/c1-6-12(7-2)18(9-10(3)4)21(19,20)14-11(5)16-17-13(14)8-15/h10,12H,6-9,15H2,1-5H3,(H,16,17). The molecule has 0 amide bonds. The Kier molecular flexibility index (Phi) is 6.37. The number of hydrogen-bond acceptors (Lipinski definition) is 4. The predicted molar refractivity (Wildman–Crippen MR) is 84.3 cm³/mol. The van der Waals surface area contributed by atoms with E-state index in [2.05, 4.69) is 10.2 Å². The molecule has 0 spiro atoms. The lowest BCUT2D eigenvalue weighted by Crippen LogP contribution is -2.42. The third kappa shape index (κ3) is 3.84. The quantitative estimate of drug-likeness (QED) is 0.767. The molecule has 1 aromatic rings. The molecule has 0 aliphatic heterocycles. The van der Waals surface area contributed by atoms with Gasteiger partial charge in [-0.05, 0) is 25.7 Å². The van der Waals surface area contributed by atoms with Gasteiger partial charge in [0.1, 0.15) is 4.90 Å². The van der Waals surface area contributed by atoms with Crippen LogP contribution in [0.15, 0.2) is 4.90 Å². The Morgan fingerprint density at radius 3 is 2.29 bits per heavy atom. The Balaban J connectivity index is 3.36. The van der Waals surface area contributed by atoms with E-state index in [9.17, 15) is 8.42 Å². The van der Waals surface area contributed by atoms with Crippen LogP contribution >= 0.6 is 0 Å². The van der Waals surface area contributed by atoms with Crippen molar-refractivity contribution in [3.63, 3.8) is 0 Å². The van der Waals surface area contributed by atoms with Gasteiger partial charge in [0.05, 0.1) is 11.4 Å². The monoisotopic (exact) mass is 316 g/mol. The molecule has 1 heterocycles. The number of hydrogen-bond donors (Lipinski definition) is 2. The number of aromatic nitrogens is 2. The fourth-order valence-corrected chi connectivity index (χ4v) is 4.85. The van der Waals surface area contributed by atoms with Crippen LogP contribution in [0.3, 0.4) is 0 Å². The number of aryl methyl sites for hydroxylation is 1. The van der Waals surface area contributed by atoms with E-state index in [1.165, 1.54) is 0 Å². The number of H-pyrrole nitrogens is 1. The van der Waals surface area contributed by atoms with Crippen LogP contribution in [-0.2, 0) is 16.6 Å². The molecule has 0 atom stereocenters. The average Bonchev–Trinajstić information content (AvgIpc) is 2.80. The van der Waals surface area contributed by atoms with Gasteiger partial charge in [-0.3, -0.25) is 5.10 Å². The summed E-state index contributed by atoms with van der Waals surface area (Å²) in [6, 6.07) is -0.00248. The molecule has 0 aliphatic rings. The zero-order valence-corrected chi connectivity index (χ0v) is 14.5. The molecule has 122 valence electrons. The highest BCUT2D eigenvalue weighted by Gasteiger charge is 2.34. The molecule has 0 radical (unpaired) electrons. The third-order valence-electron chi connectivity index (χ3n) is 3.62. The van der Waals surface area contributed by atoms with Gasteiger partial charge in [-0.15, -0.1) is 0 Å². The van der Waals surface area contributed by atoms with Crippen molar-refractivity contribution in [1.29, 1.82) is 0 Å². The first kappa shape index (κ1) is 18.1. The zero-order chi connectivity index (χ0) is 16.2. The minimum absolute atomic E-state index is 0.00248. The molecule has 0 unspecified atom stereocenters. The third-order valence-corrected chi connectivity index (χ3v) is 5.74. The lowest BCUT2D eigenvalue weighted by atomic mass is 10.1. The van der Waals surface area contributed by atoms with E-state index in [-0.39, 0.29) is 23.4 Å². The van der Waals surface area contributed by atoms with Crippen molar-refractivity contribution in [3.05, 3.63) is 11.4 Å². The minimum atomic E-state index is -3.59. The molecule has 1 aromatic heterocycles. The first-order valence-corrected chi connectivity index (χ1v) is 8.99. The van der Waals surface area contributed by atoms with Crippen LogP contribution in [-0.4, -0.2) is 35.5 Å². The normalized spacial score (nSPS) is 12.8. The van der Waals surface area contributed by atoms with E-state index < -0.39 is 10.0 Å². The van der Waals surface area contributed by atoms with E-state index in [0.29, 0.717) is 17.9 Å². The van der Waals surface area contributed by atoms with Crippen LogP contribution in [0.25, 0.3) is 0 Å². The summed E-state index contributed by atoms with van der Waals surface area (Å²) >= 11 is 0. The van der Waals surface area contributed by atoms with Crippen LogP contribution in [0.2, 0.25) is 0 Å². The highest BCUT2D eigenvalue weighted by molar-refractivity contribution is 7.89. The van der Waals surface area contributed by atoms with E-state index in [4.69, 9.17) is 5.73 Å². The van der Waals surface area contributed by atoms with Gasteiger partial charge >= 0.3 is 0 Å². The second-order valence-electron chi connectivity index (χ2n) is 5.77. The number of nitrogens with one attached hydrogen (secondary N) is 1. The van der Waals surface area contributed by atoms with E-state index in [0.717, 1.165) is 12.8 Å². The Morgan fingerprint density at radius 2 is 1.86 bits per heavy atom. The summed E-state index contributed by atoms with van der Waals surface area (Å²) in [7, 11) is -3.59. The molecular weight excluding hydrogens is 288 g/mol. The molecule has 7 heteroatoms. The van der Waals surface area contributed by atoms with E-state index >= 15 is 0 Å². The van der Waals surface area contributed by atoms with Crippen molar-refractivity contribution in [2.75, 3.05) is 6.54 Å². The minimum Gasteiger partial charge on any atom is -0.325 e. The molecule has 3 N–H and O–H groups in total. The highest BCUT2D eigenvalue weighted by Crippen LogP contribution is 2.26. The van der Waals surface area contributed by atoms with Crippen molar-refractivity contribution < 1.29 is 8.42 Å². The van der Waals surface area contributed by atoms with Crippen molar-refractivity contribution >= 4 is 10.0 Å². The SMILES string of the molecule is CCC(CC)N(CC(C)C)S(=O)(=O)c1c(CN)n[nH]c1C. The highest BCUT2D eigenvalue weighted by atomic mass is 32.2. The Labute approximate surface area is 128 Å². The summed E-state index contributed by atoms with van der Waals surface area (Å²) in [6.07, 6.45) is 1.58. The second-order valence-corrected chi connectivity index (χ2v) is 7.59. The average molecular weight is 316 g/mol. The first-order chi connectivity index (χ1) is 9.79. The lowest BCUT2D eigenvalue weighted by Gasteiger charge is -2.31. The maximum absolute atomic E-state index is 13.1. The van der Waals surface area contributed by atoms with Gasteiger partial charge in [0, 0.05) is 19.1 Å². The fourth-order valence-electron chi connectivity index (χ4n) is 2.57. The summed E-state index contributed by atoms with van der Waals surface area (Å²) < 4.78 is 27.8. The number of sulfonamides is 1. The lowest BCUT2D eigenvalue weighted by molar-refractivity contribution is 0.276. The molecule has 0 aliphatic carbocycles. The second kappa shape index (κ2) is 7.38. The maximum Gasteiger partial charge on any atom is 0.247 e. The molecule has 21 heavy (non-hydrogen) atoms. The molecule has 0 aromatic carbocycles. The van der Waals surface area contributed by atoms with Crippen LogP contribution in [0.4, 0.5) is 0 Å². The zero-order valence-electron chi connectivity index (χ0n) is 13.7. The molecule has 0 saturated carbocycles. The van der Waals surface area contributed by atoms with Crippen LogP contribution in [0, 0.1) is 12.8 Å². The van der Waals surface area contributed by atoms with Gasteiger partial charge in [-0.2, -0.15) is 9.40 Å². The predicted octanol–water partition coefficient (Wildman–Crippen LogP) is 2.01. The Hall–Kier alpha value is -0.920. The van der Waals surface area contributed by atoms with Gasteiger partial charge in [0.2, 0.25) is 10.0 Å². The molecule has 0 bridgehead atoms. The smallest absolute Gasteiger partial charge is 0.247 e. The summed E-state index contributed by atoms with van der Waals surface area (Å²) in [6.45, 7) is 10.4. The number of nitrogens with two attached hydrogens (primary N) is 1. The molecule has 0 saturated heterocycles. The largest absolute Gasteiger partial charge is 0.325 e. The first-order valence-electron chi connectivity index (χ1n) is 7.55. The van der Waals surface area contributed by atoms with Crippen molar-refractivity contribution in [2.24, 2.45) is 11.7 Å². The molecule has 0 fully saturated rings. The number of rotatable bonds is 8. The summed E-state index contributed by atoms with van der Waals surface area (Å²) in [5.41, 5.74) is 6.60. The number of aromatic amines is 1. The Bertz CT molecular complexity index is 547. The maximum atomic E-state index is 13.1. The van der Waals surface area contributed by atoms with Gasteiger partial charge in [-0.1, -0.05) is 27.7 Å². The van der Waals surface area contributed by atoms with Crippen molar-refractivity contribution in [2.45, 2.75) is 64.9 Å². The number of nitrogens with zero attached hydrogens (tertiary/aromatic N) is 2. The van der Waals surface area contributed by atoms with Gasteiger partial charge in [0.25, 0.3) is 0 Å². The summed E-state index contributed by atoms with van der Waals surface area (Å²) in [5.74, 6) is 0.258. The Morgan fingerprint density at radius 1 is 1.29 bits per heavy atom. The molecule has 6 nitrogen and oxygen atoms in total. The molecular formula is C14H28N4O2S. The van der Waals surface area contributed by atoms with Crippen LogP contribution in [0.5, 0.6) is 0 Å². The van der Waals surface area contributed by atoms with Gasteiger partial charge in [0.15, 0.2) is 0 Å². The van der Waals surface area contributed by atoms with Crippen LogP contribution < -0.4 is 5.73 Å². The van der Waals surface area contributed by atoms with Crippen molar-refractivity contribution in [3.8, 4) is 0 Å². The van der Waals surface area contributed by atoms with Crippen molar-refractivity contribution in [1.82, 2.24) is 14.5 Å². The van der Waals surface area contributed by atoms with E-state index in [1.807, 2.05) is 27.7 Å².